The number of halogens is 3. The quantitative estimate of drug-likeness (QED) is 0.354. The van der Waals surface area contributed by atoms with Crippen molar-refractivity contribution in [3.05, 3.63) is 47.8 Å². The monoisotopic (exact) mass is 643 g/mol. The minimum atomic E-state index is -4.78. The summed E-state index contributed by atoms with van der Waals surface area (Å²) in [6.45, 7) is 5.86. The molecule has 0 bridgehead atoms. The number of nitrogens with zero attached hydrogens (tertiary/aromatic N) is 7. The molecular weight excluding hydrogens is 607 g/mol. The van der Waals surface area contributed by atoms with Crippen LogP contribution in [0.15, 0.2) is 36.7 Å². The average Bonchev–Trinajstić information content (AvgIpc) is 3.46. The lowest BCUT2D eigenvalue weighted by Crippen LogP contribution is -2.50. The first kappa shape index (κ1) is 32.7. The van der Waals surface area contributed by atoms with Crippen LogP contribution in [-0.4, -0.2) is 100 Å². The molecule has 13 nitrogen and oxygen atoms in total. The predicted molar refractivity (Wildman–Crippen MR) is 163 cm³/mol. The van der Waals surface area contributed by atoms with E-state index in [2.05, 4.69) is 40.2 Å². The number of pyridine rings is 1. The SMILES string of the molecule is C/C=C\C(=O)NCC(=O)N1CCN(Cc2cc3c(N4CCCCC4)nc(-c4cnc(NC(=O)OC)cc4C(F)(F)F)nn3c2)CC1. The van der Waals surface area contributed by atoms with Gasteiger partial charge in [-0.1, -0.05) is 6.08 Å². The summed E-state index contributed by atoms with van der Waals surface area (Å²) in [5.41, 5.74) is 0.215. The first-order valence-electron chi connectivity index (χ1n) is 15.0. The van der Waals surface area contributed by atoms with E-state index in [0.29, 0.717) is 57.1 Å². The van der Waals surface area contributed by atoms with Gasteiger partial charge in [-0.2, -0.15) is 13.2 Å². The van der Waals surface area contributed by atoms with Gasteiger partial charge < -0.3 is 19.9 Å². The van der Waals surface area contributed by atoms with Gasteiger partial charge in [-0.25, -0.2) is 19.3 Å². The number of nitrogens with one attached hydrogen (secondary N) is 2. The molecule has 0 radical (unpaired) electrons. The summed E-state index contributed by atoms with van der Waals surface area (Å²) in [6, 6.07) is 2.69. The maximum absolute atomic E-state index is 14.3. The zero-order valence-corrected chi connectivity index (χ0v) is 25.6. The van der Waals surface area contributed by atoms with Gasteiger partial charge in [-0.05, 0) is 50.0 Å². The number of hydrogen-bond acceptors (Lipinski definition) is 9. The van der Waals surface area contributed by atoms with Crippen LogP contribution < -0.4 is 15.5 Å². The Morgan fingerprint density at radius 1 is 1.04 bits per heavy atom. The zero-order valence-electron chi connectivity index (χ0n) is 25.6. The summed E-state index contributed by atoms with van der Waals surface area (Å²) in [7, 11) is 1.10. The second kappa shape index (κ2) is 14.1. The minimum absolute atomic E-state index is 0.0651. The Kier molecular flexibility index (Phi) is 10.0. The Morgan fingerprint density at radius 3 is 2.46 bits per heavy atom. The smallest absolute Gasteiger partial charge is 0.417 e. The highest BCUT2D eigenvalue weighted by Crippen LogP contribution is 2.38. The number of methoxy groups -OCH3 is 1. The summed E-state index contributed by atoms with van der Waals surface area (Å²) < 4.78 is 48.8. The van der Waals surface area contributed by atoms with E-state index in [4.69, 9.17) is 0 Å². The molecule has 0 spiro atoms. The molecule has 2 saturated heterocycles. The number of hydrogen-bond donors (Lipinski definition) is 2. The van der Waals surface area contributed by atoms with Crippen molar-refractivity contribution in [2.45, 2.75) is 38.9 Å². The van der Waals surface area contributed by atoms with Gasteiger partial charge in [-0.3, -0.25) is 19.8 Å². The van der Waals surface area contributed by atoms with Gasteiger partial charge >= 0.3 is 12.3 Å². The first-order valence-corrected chi connectivity index (χ1v) is 15.0. The minimum Gasteiger partial charge on any atom is -0.453 e. The van der Waals surface area contributed by atoms with Crippen molar-refractivity contribution in [3.8, 4) is 11.4 Å². The van der Waals surface area contributed by atoms with Gasteiger partial charge in [0.2, 0.25) is 11.8 Å². The highest BCUT2D eigenvalue weighted by atomic mass is 19.4. The maximum atomic E-state index is 14.3. The third-order valence-electron chi connectivity index (χ3n) is 7.88. The summed E-state index contributed by atoms with van der Waals surface area (Å²) in [6.07, 6.45) is 2.97. The standard InChI is InChI=1S/C30H36F3N9O4/c1-3-7-25(43)35-17-26(44)40-12-10-39(11-13-40)18-20-14-23-28(41-8-5-4-6-9-41)37-27(38-42(23)19-20)21-16-34-24(36-29(45)46-2)15-22(21)30(31,32)33/h3,7,14-16,19H,4-6,8-13,17-18H2,1-2H3,(H,35,43)(H,34,36,45)/b7-3-. The van der Waals surface area contributed by atoms with Crippen LogP contribution in [-0.2, 0) is 27.0 Å². The molecule has 0 atom stereocenters. The number of rotatable bonds is 8. The fourth-order valence-electron chi connectivity index (χ4n) is 5.57. The van der Waals surface area contributed by atoms with Crippen molar-refractivity contribution in [2.75, 3.05) is 63.1 Å². The van der Waals surface area contributed by atoms with Crippen LogP contribution in [0.3, 0.4) is 0 Å². The lowest BCUT2D eigenvalue weighted by molar-refractivity contribution is -0.137. The van der Waals surface area contributed by atoms with Crippen molar-refractivity contribution in [3.63, 3.8) is 0 Å². The van der Waals surface area contributed by atoms with Gasteiger partial charge in [0.25, 0.3) is 0 Å². The van der Waals surface area contributed by atoms with Crippen molar-refractivity contribution in [1.29, 1.82) is 0 Å². The number of anilines is 2. The predicted octanol–water partition coefficient (Wildman–Crippen LogP) is 3.32. The number of carbonyl (C=O) groups excluding carboxylic acids is 3. The molecule has 46 heavy (non-hydrogen) atoms. The molecule has 5 heterocycles. The molecule has 0 unspecified atom stereocenters. The fourth-order valence-corrected chi connectivity index (χ4v) is 5.57. The van der Waals surface area contributed by atoms with Crippen molar-refractivity contribution >= 4 is 35.1 Å². The van der Waals surface area contributed by atoms with Crippen LogP contribution in [0.1, 0.15) is 37.3 Å². The lowest BCUT2D eigenvalue weighted by Gasteiger charge is -2.34. The molecule has 0 aliphatic carbocycles. The first-order chi connectivity index (χ1) is 22.0. The molecule has 5 rings (SSSR count). The van der Waals surface area contributed by atoms with E-state index in [0.717, 1.165) is 44.2 Å². The highest BCUT2D eigenvalue weighted by Gasteiger charge is 2.36. The molecule has 2 fully saturated rings. The number of piperazine rings is 1. The number of carbonyl (C=O) groups is 3. The van der Waals surface area contributed by atoms with Crippen LogP contribution in [0.2, 0.25) is 0 Å². The van der Waals surface area contributed by atoms with E-state index in [1.54, 1.807) is 28.6 Å². The van der Waals surface area contributed by atoms with E-state index in [1.807, 2.05) is 6.07 Å². The van der Waals surface area contributed by atoms with E-state index in [9.17, 15) is 27.6 Å². The van der Waals surface area contributed by atoms with Crippen molar-refractivity contribution < 1.29 is 32.3 Å². The molecule has 16 heteroatoms. The summed E-state index contributed by atoms with van der Waals surface area (Å²) >= 11 is 0. The van der Waals surface area contributed by atoms with E-state index in [-0.39, 0.29) is 35.6 Å². The Labute approximate surface area is 263 Å². The van der Waals surface area contributed by atoms with Crippen molar-refractivity contribution in [2.24, 2.45) is 0 Å². The Morgan fingerprint density at radius 2 is 1.78 bits per heavy atom. The molecule has 0 saturated carbocycles. The average molecular weight is 644 g/mol. The third kappa shape index (κ3) is 7.73. The molecule has 3 amide bonds. The second-order valence-corrected chi connectivity index (χ2v) is 11.1. The number of ether oxygens (including phenoxy) is 1. The molecule has 2 aliphatic heterocycles. The molecule has 2 N–H and O–H groups in total. The van der Waals surface area contributed by atoms with E-state index in [1.165, 1.54) is 6.08 Å². The molecule has 246 valence electrons. The number of alkyl halides is 3. The number of fused-ring (bicyclic) bond motifs is 1. The van der Waals surface area contributed by atoms with Crippen LogP contribution in [0.4, 0.5) is 29.6 Å². The zero-order chi connectivity index (χ0) is 32.8. The third-order valence-corrected chi connectivity index (χ3v) is 7.88. The van der Waals surface area contributed by atoms with E-state index >= 15 is 0 Å². The number of amides is 3. The Balaban J connectivity index is 1.39. The van der Waals surface area contributed by atoms with Crippen LogP contribution in [0, 0.1) is 0 Å². The van der Waals surface area contributed by atoms with Gasteiger partial charge in [0.05, 0.1) is 24.8 Å². The summed E-state index contributed by atoms with van der Waals surface area (Å²) in [5, 5.41) is 9.25. The van der Waals surface area contributed by atoms with Crippen molar-refractivity contribution in [1.82, 2.24) is 34.7 Å². The summed E-state index contributed by atoms with van der Waals surface area (Å²) in [5.74, 6) is -0.389. The highest BCUT2D eigenvalue weighted by molar-refractivity contribution is 5.91. The number of allylic oxidation sites excluding steroid dienone is 1. The van der Waals surface area contributed by atoms with Crippen LogP contribution in [0.5, 0.6) is 0 Å². The topological polar surface area (TPSA) is 137 Å². The molecule has 3 aromatic heterocycles. The largest absolute Gasteiger partial charge is 0.453 e. The maximum Gasteiger partial charge on any atom is 0.417 e. The van der Waals surface area contributed by atoms with Crippen LogP contribution in [0.25, 0.3) is 16.9 Å². The molecule has 0 aromatic carbocycles. The van der Waals surface area contributed by atoms with Crippen LogP contribution >= 0.6 is 0 Å². The lowest BCUT2D eigenvalue weighted by atomic mass is 10.1. The fraction of sp³-hybridized carbons (Fsp3) is 0.467. The Bertz CT molecular complexity index is 1610. The number of piperidine rings is 1. The van der Waals surface area contributed by atoms with E-state index < -0.39 is 17.8 Å². The molecule has 3 aromatic rings. The van der Waals surface area contributed by atoms with Gasteiger partial charge in [0.1, 0.15) is 11.3 Å². The summed E-state index contributed by atoms with van der Waals surface area (Å²) in [4.78, 5) is 50.4. The molecule has 2 aliphatic rings. The normalized spacial score (nSPS) is 16.2. The van der Waals surface area contributed by atoms with Gasteiger partial charge in [0, 0.05) is 58.2 Å². The number of aromatic nitrogens is 4. The Hall–Kier alpha value is -4.73. The van der Waals surface area contributed by atoms with Gasteiger partial charge in [0.15, 0.2) is 11.6 Å². The van der Waals surface area contributed by atoms with Gasteiger partial charge in [-0.15, -0.1) is 5.10 Å². The molecular formula is C30H36F3N9O4. The second-order valence-electron chi connectivity index (χ2n) is 11.1.